The van der Waals surface area contributed by atoms with Crippen LogP contribution >= 0.6 is 11.8 Å². The van der Waals surface area contributed by atoms with Crippen molar-refractivity contribution >= 4 is 29.5 Å². The zero-order valence-electron chi connectivity index (χ0n) is 20.9. The number of hydrogen-bond donors (Lipinski definition) is 1. The third-order valence-electron chi connectivity index (χ3n) is 7.90. The van der Waals surface area contributed by atoms with Crippen molar-refractivity contribution in [1.29, 1.82) is 0 Å². The fourth-order valence-corrected chi connectivity index (χ4v) is 8.85. The van der Waals surface area contributed by atoms with Crippen LogP contribution in [0.25, 0.3) is 0 Å². The van der Waals surface area contributed by atoms with Gasteiger partial charge in [0.25, 0.3) is 0 Å². The van der Waals surface area contributed by atoms with Gasteiger partial charge < -0.3 is 19.6 Å². The van der Waals surface area contributed by atoms with E-state index in [4.69, 9.17) is 4.74 Å². The van der Waals surface area contributed by atoms with Crippen molar-refractivity contribution in [2.24, 2.45) is 17.8 Å². The Bertz CT molecular complexity index is 985. The summed E-state index contributed by atoms with van der Waals surface area (Å²) in [5, 5.41) is 10.5. The van der Waals surface area contributed by atoms with Gasteiger partial charge in [0.2, 0.25) is 11.8 Å². The van der Waals surface area contributed by atoms with Crippen molar-refractivity contribution in [1.82, 2.24) is 9.80 Å². The molecule has 0 aromatic heterocycles. The molecule has 0 saturated carbocycles. The summed E-state index contributed by atoms with van der Waals surface area (Å²) in [4.78, 5) is 45.0. The van der Waals surface area contributed by atoms with E-state index in [0.29, 0.717) is 6.54 Å². The van der Waals surface area contributed by atoms with Gasteiger partial charge in [-0.3, -0.25) is 14.4 Å². The molecule has 7 nitrogen and oxygen atoms in total. The fourth-order valence-electron chi connectivity index (χ4n) is 6.46. The predicted molar refractivity (Wildman–Crippen MR) is 135 cm³/mol. The molecule has 3 unspecified atom stereocenters. The molecule has 2 bridgehead atoms. The van der Waals surface area contributed by atoms with Gasteiger partial charge in [-0.05, 0) is 38.7 Å². The largest absolute Gasteiger partial charge is 0.466 e. The third kappa shape index (κ3) is 3.89. The summed E-state index contributed by atoms with van der Waals surface area (Å²) in [5.74, 6) is -1.97. The van der Waals surface area contributed by atoms with Gasteiger partial charge in [-0.2, -0.15) is 0 Å². The average Bonchev–Trinajstić information content (AvgIpc) is 3.42. The number of amides is 2. The Morgan fingerprint density at radius 3 is 2.60 bits per heavy atom. The van der Waals surface area contributed by atoms with Crippen LogP contribution in [0.3, 0.4) is 0 Å². The molecule has 2 amide bonds. The molecule has 8 heteroatoms. The minimum absolute atomic E-state index is 0.0453. The van der Waals surface area contributed by atoms with Gasteiger partial charge >= 0.3 is 5.97 Å². The molecule has 4 rings (SSSR count). The van der Waals surface area contributed by atoms with Gasteiger partial charge in [0.1, 0.15) is 6.04 Å². The second-order valence-corrected chi connectivity index (χ2v) is 11.6. The Morgan fingerprint density at radius 1 is 1.34 bits per heavy atom. The number of likely N-dealkylation sites (tertiary alicyclic amines) is 1. The highest BCUT2D eigenvalue weighted by molar-refractivity contribution is 8.02. The number of benzene rings is 1. The van der Waals surface area contributed by atoms with Crippen LogP contribution in [0.1, 0.15) is 45.7 Å². The maximum Gasteiger partial charge on any atom is 0.310 e. The van der Waals surface area contributed by atoms with Gasteiger partial charge in [0, 0.05) is 17.8 Å². The zero-order valence-corrected chi connectivity index (χ0v) is 21.7. The molecule has 1 aromatic carbocycles. The summed E-state index contributed by atoms with van der Waals surface area (Å²) in [6, 6.07) is 7.73. The molecule has 3 heterocycles. The van der Waals surface area contributed by atoms with E-state index in [0.717, 1.165) is 12.0 Å². The molecule has 1 spiro atoms. The molecule has 3 aliphatic heterocycles. The number of carbonyl (C=O) groups excluding carboxylic acids is 3. The number of rotatable bonds is 9. The number of nitrogens with zero attached hydrogens (tertiary/aromatic N) is 2. The number of carbonyl (C=O) groups is 3. The highest BCUT2D eigenvalue weighted by atomic mass is 32.2. The molecular weight excluding hydrogens is 464 g/mol. The van der Waals surface area contributed by atoms with Crippen LogP contribution in [0.15, 0.2) is 43.0 Å². The summed E-state index contributed by atoms with van der Waals surface area (Å²) in [6.07, 6.45) is 2.44. The molecule has 35 heavy (non-hydrogen) atoms. The van der Waals surface area contributed by atoms with E-state index in [1.807, 2.05) is 44.2 Å². The Kier molecular flexibility index (Phi) is 7.34. The Labute approximate surface area is 211 Å². The summed E-state index contributed by atoms with van der Waals surface area (Å²) < 4.78 is 4.66. The number of aliphatic hydroxyl groups excluding tert-OH is 1. The standard InChI is InChI=1S/C27H36N2O5S/c1-6-13-28(16(3)4)25(32)23-27-17(5)14-20(35-27)21(26(33)34-7-2)22(27)24(31)29(23)19(15-30)18-11-9-8-10-12-18/h6,8-12,16-17,19-23,30H,1,7,13-15H2,2-5H3/t17?,19-,20-,21+,22+,23?,27?/m1/s1. The zero-order chi connectivity index (χ0) is 25.5. The summed E-state index contributed by atoms with van der Waals surface area (Å²) in [7, 11) is 0. The molecule has 3 fully saturated rings. The minimum Gasteiger partial charge on any atom is -0.466 e. The molecule has 3 aliphatic rings. The van der Waals surface area contributed by atoms with Crippen molar-refractivity contribution in [3.8, 4) is 0 Å². The second-order valence-electron chi connectivity index (χ2n) is 10.0. The number of fused-ring (bicyclic) bond motifs is 1. The van der Waals surface area contributed by atoms with Crippen molar-refractivity contribution in [3.05, 3.63) is 48.6 Å². The highest BCUT2D eigenvalue weighted by Crippen LogP contribution is 2.69. The minimum atomic E-state index is -0.802. The maximum absolute atomic E-state index is 14.3. The molecule has 7 atom stereocenters. The fraction of sp³-hybridized carbons (Fsp3) is 0.593. The van der Waals surface area contributed by atoms with Crippen LogP contribution in [0.2, 0.25) is 0 Å². The summed E-state index contributed by atoms with van der Waals surface area (Å²) >= 11 is 1.62. The van der Waals surface area contributed by atoms with E-state index in [1.54, 1.807) is 34.6 Å². The van der Waals surface area contributed by atoms with Gasteiger partial charge in [0.15, 0.2) is 0 Å². The van der Waals surface area contributed by atoms with E-state index in [-0.39, 0.29) is 48.2 Å². The smallest absolute Gasteiger partial charge is 0.310 e. The van der Waals surface area contributed by atoms with Gasteiger partial charge in [-0.25, -0.2) is 0 Å². The number of aliphatic hydroxyl groups is 1. The van der Waals surface area contributed by atoms with Crippen LogP contribution in [0.4, 0.5) is 0 Å². The lowest BCUT2D eigenvalue weighted by Crippen LogP contribution is -2.58. The van der Waals surface area contributed by atoms with E-state index in [1.165, 1.54) is 0 Å². The highest BCUT2D eigenvalue weighted by Gasteiger charge is 2.77. The predicted octanol–water partition coefficient (Wildman–Crippen LogP) is 3.04. The van der Waals surface area contributed by atoms with Crippen LogP contribution in [0.5, 0.6) is 0 Å². The first-order chi connectivity index (χ1) is 16.7. The first-order valence-corrected chi connectivity index (χ1v) is 13.4. The topological polar surface area (TPSA) is 87.2 Å². The lowest BCUT2D eigenvalue weighted by atomic mass is 9.66. The van der Waals surface area contributed by atoms with Gasteiger partial charge in [-0.15, -0.1) is 18.3 Å². The molecule has 0 aliphatic carbocycles. The average molecular weight is 501 g/mol. The third-order valence-corrected chi connectivity index (χ3v) is 9.98. The Hall–Kier alpha value is -2.32. The number of ether oxygens (including phenoxy) is 1. The van der Waals surface area contributed by atoms with Crippen LogP contribution in [-0.2, 0) is 19.1 Å². The van der Waals surface area contributed by atoms with Crippen molar-refractivity contribution in [3.63, 3.8) is 0 Å². The molecule has 1 aromatic rings. The first kappa shape index (κ1) is 25.8. The monoisotopic (exact) mass is 500 g/mol. The summed E-state index contributed by atoms with van der Waals surface area (Å²) in [5.41, 5.74) is 0.761. The van der Waals surface area contributed by atoms with Crippen molar-refractivity contribution in [2.45, 2.75) is 62.2 Å². The molecular formula is C27H36N2O5S. The van der Waals surface area contributed by atoms with Gasteiger partial charge in [-0.1, -0.05) is 43.3 Å². The van der Waals surface area contributed by atoms with Gasteiger partial charge in [0.05, 0.1) is 35.8 Å². The Morgan fingerprint density at radius 2 is 2.03 bits per heavy atom. The lowest BCUT2D eigenvalue weighted by Gasteiger charge is -2.42. The lowest BCUT2D eigenvalue weighted by molar-refractivity contribution is -0.154. The first-order valence-electron chi connectivity index (χ1n) is 12.5. The second kappa shape index (κ2) is 9.97. The van der Waals surface area contributed by atoms with Crippen molar-refractivity contribution in [2.75, 3.05) is 19.8 Å². The normalized spacial score (nSPS) is 32.0. The quantitative estimate of drug-likeness (QED) is 0.414. The van der Waals surface area contributed by atoms with Crippen LogP contribution < -0.4 is 0 Å². The molecule has 3 saturated heterocycles. The SMILES string of the molecule is C=CCN(C(=O)C1N([C@H](CO)c2ccccc2)C(=O)[C@@H]2[C@@H](C(=O)OCC)[C@H]3CC(C)C12S3)C(C)C. The number of hydrogen-bond acceptors (Lipinski definition) is 6. The molecule has 190 valence electrons. The van der Waals surface area contributed by atoms with Crippen molar-refractivity contribution < 1.29 is 24.2 Å². The Balaban J connectivity index is 1.88. The van der Waals surface area contributed by atoms with E-state index in [9.17, 15) is 19.5 Å². The van der Waals surface area contributed by atoms with E-state index in [2.05, 4.69) is 13.5 Å². The van der Waals surface area contributed by atoms with E-state index < -0.39 is 28.7 Å². The molecule has 0 radical (unpaired) electrons. The maximum atomic E-state index is 14.3. The molecule has 1 N–H and O–H groups in total. The van der Waals surface area contributed by atoms with E-state index >= 15 is 0 Å². The number of thioether (sulfide) groups is 1. The van der Waals surface area contributed by atoms with Crippen LogP contribution in [0, 0.1) is 17.8 Å². The number of esters is 1. The summed E-state index contributed by atoms with van der Waals surface area (Å²) in [6.45, 7) is 11.8. The van der Waals surface area contributed by atoms with Crippen LogP contribution in [-0.4, -0.2) is 74.5 Å².